The number of rotatable bonds is 11. The van der Waals surface area contributed by atoms with Crippen molar-refractivity contribution < 1.29 is 19.1 Å². The lowest BCUT2D eigenvalue weighted by molar-refractivity contribution is -0.155. The third-order valence-corrected chi connectivity index (χ3v) is 8.12. The van der Waals surface area contributed by atoms with Crippen LogP contribution in [0.5, 0.6) is 5.06 Å². The zero-order valence-electron chi connectivity index (χ0n) is 20.7. The number of carbonyl (C=O) groups excluding carboxylic acids is 2. The third kappa shape index (κ3) is 7.41. The highest BCUT2D eigenvalue weighted by molar-refractivity contribution is 7.17. The number of pyridine rings is 1. The number of nitrogens with zero attached hydrogens (tertiary/aromatic N) is 3. The molecular weight excluding hydrogens is 500 g/mol. The predicted molar refractivity (Wildman–Crippen MR) is 140 cm³/mol. The third-order valence-electron chi connectivity index (χ3n) is 6.98. The van der Waals surface area contributed by atoms with E-state index >= 15 is 0 Å². The monoisotopic (exact) mass is 534 g/mol. The fourth-order valence-electron chi connectivity index (χ4n) is 5.04. The van der Waals surface area contributed by atoms with E-state index in [9.17, 15) is 9.59 Å². The van der Waals surface area contributed by atoms with E-state index in [0.29, 0.717) is 34.4 Å². The topological polar surface area (TPSA) is 84.0 Å². The number of hydrogen-bond donors (Lipinski definition) is 1. The smallest absolute Gasteiger partial charge is 0.261 e. The van der Waals surface area contributed by atoms with Crippen molar-refractivity contribution in [3.63, 3.8) is 0 Å². The first kappa shape index (κ1) is 26.9. The Hall–Kier alpha value is -2.20. The SMILES string of the molecule is COC[C@H]1C(=O)N(CC2CCC(NCCc3ccccn3)CC2)CCN1C(=O)COc1ccc(Cl)s1. The lowest BCUT2D eigenvalue weighted by atomic mass is 9.85. The largest absolute Gasteiger partial charge is 0.474 e. The molecule has 1 aliphatic carbocycles. The Morgan fingerprint density at radius 1 is 1.19 bits per heavy atom. The van der Waals surface area contributed by atoms with E-state index in [-0.39, 0.29) is 25.0 Å². The van der Waals surface area contributed by atoms with Crippen molar-refractivity contribution in [1.29, 1.82) is 0 Å². The summed E-state index contributed by atoms with van der Waals surface area (Å²) in [6, 6.07) is 9.40. The number of ether oxygens (including phenoxy) is 2. The van der Waals surface area contributed by atoms with Gasteiger partial charge in [0.25, 0.3) is 5.91 Å². The van der Waals surface area contributed by atoms with E-state index in [0.717, 1.165) is 50.9 Å². The van der Waals surface area contributed by atoms with Crippen LogP contribution in [0.3, 0.4) is 0 Å². The molecule has 2 amide bonds. The Morgan fingerprint density at radius 2 is 2.03 bits per heavy atom. The highest BCUT2D eigenvalue weighted by Gasteiger charge is 2.38. The second-order valence-electron chi connectivity index (χ2n) is 9.43. The first-order valence-electron chi connectivity index (χ1n) is 12.6. The van der Waals surface area contributed by atoms with Crippen LogP contribution in [0.1, 0.15) is 31.4 Å². The number of hydrogen-bond acceptors (Lipinski definition) is 7. The van der Waals surface area contributed by atoms with Gasteiger partial charge in [0.15, 0.2) is 11.7 Å². The first-order chi connectivity index (χ1) is 17.5. The first-order valence-corrected chi connectivity index (χ1v) is 13.8. The summed E-state index contributed by atoms with van der Waals surface area (Å²) in [5.74, 6) is 0.234. The molecule has 1 saturated carbocycles. The highest BCUT2D eigenvalue weighted by atomic mass is 35.5. The van der Waals surface area contributed by atoms with Crippen LogP contribution in [-0.2, 0) is 20.7 Å². The van der Waals surface area contributed by atoms with E-state index in [1.165, 1.54) is 11.3 Å². The second kappa shape index (κ2) is 13.4. The van der Waals surface area contributed by atoms with E-state index in [1.807, 2.05) is 23.2 Å². The van der Waals surface area contributed by atoms with Gasteiger partial charge in [0.05, 0.1) is 10.9 Å². The van der Waals surface area contributed by atoms with E-state index < -0.39 is 6.04 Å². The van der Waals surface area contributed by atoms with Gasteiger partial charge in [-0.25, -0.2) is 0 Å². The van der Waals surface area contributed by atoms with Gasteiger partial charge in [-0.05, 0) is 55.9 Å². The Morgan fingerprint density at radius 3 is 2.72 bits per heavy atom. The molecule has 3 heterocycles. The van der Waals surface area contributed by atoms with Crippen molar-refractivity contribution in [2.24, 2.45) is 5.92 Å². The van der Waals surface area contributed by atoms with Crippen molar-refractivity contribution in [2.45, 2.75) is 44.2 Å². The molecule has 4 rings (SSSR count). The van der Waals surface area contributed by atoms with Crippen molar-refractivity contribution in [3.05, 3.63) is 46.6 Å². The van der Waals surface area contributed by atoms with Gasteiger partial charge < -0.3 is 24.6 Å². The van der Waals surface area contributed by atoms with Crippen LogP contribution >= 0.6 is 22.9 Å². The summed E-state index contributed by atoms with van der Waals surface area (Å²) < 4.78 is 11.5. The van der Waals surface area contributed by atoms with Crippen LogP contribution in [0, 0.1) is 5.92 Å². The molecule has 1 N–H and O–H groups in total. The molecule has 36 heavy (non-hydrogen) atoms. The summed E-state index contributed by atoms with van der Waals surface area (Å²) in [5.41, 5.74) is 1.11. The molecule has 0 aromatic carbocycles. The summed E-state index contributed by atoms with van der Waals surface area (Å²) in [6.07, 6.45) is 7.20. The van der Waals surface area contributed by atoms with Crippen molar-refractivity contribution in [2.75, 3.05) is 46.5 Å². The standard InChI is InChI=1S/C26H35ClN4O4S/c1-34-17-22-26(33)30(14-15-31(22)24(32)18-35-25-10-9-23(27)36-25)16-19-5-7-21(8-6-19)29-13-11-20-4-2-3-12-28-20/h2-4,9-10,12,19,21-22,29H,5-8,11,13-18H2,1H3/t19?,21?,22-/m0/s1. The van der Waals surface area contributed by atoms with Crippen LogP contribution in [0.15, 0.2) is 36.5 Å². The lowest BCUT2D eigenvalue weighted by Crippen LogP contribution is -2.61. The lowest BCUT2D eigenvalue weighted by Gasteiger charge is -2.42. The molecule has 2 aromatic heterocycles. The number of thiophene rings is 1. The molecule has 196 valence electrons. The summed E-state index contributed by atoms with van der Waals surface area (Å²) in [4.78, 5) is 34.1. The van der Waals surface area contributed by atoms with Gasteiger partial charge in [-0.1, -0.05) is 29.0 Å². The average Bonchev–Trinajstić information content (AvgIpc) is 3.32. The van der Waals surface area contributed by atoms with Gasteiger partial charge in [-0.3, -0.25) is 14.6 Å². The van der Waals surface area contributed by atoms with Crippen molar-refractivity contribution >= 4 is 34.8 Å². The van der Waals surface area contributed by atoms with Crippen molar-refractivity contribution in [1.82, 2.24) is 20.1 Å². The van der Waals surface area contributed by atoms with E-state index in [2.05, 4.69) is 16.4 Å². The molecule has 2 aromatic rings. The number of halogens is 1. The molecule has 1 saturated heterocycles. The Balaban J connectivity index is 1.21. The zero-order valence-corrected chi connectivity index (χ0v) is 22.3. The van der Waals surface area contributed by atoms with Crippen molar-refractivity contribution in [3.8, 4) is 5.06 Å². The second-order valence-corrected chi connectivity index (χ2v) is 11.1. The molecule has 1 aliphatic heterocycles. The predicted octanol–water partition coefficient (Wildman–Crippen LogP) is 3.25. The Bertz CT molecular complexity index is 983. The fourth-order valence-corrected chi connectivity index (χ4v) is 5.91. The molecule has 2 fully saturated rings. The number of amides is 2. The van der Waals surface area contributed by atoms with E-state index in [1.54, 1.807) is 24.1 Å². The number of aromatic nitrogens is 1. The molecule has 8 nitrogen and oxygen atoms in total. The van der Waals surface area contributed by atoms with Gasteiger partial charge in [0.2, 0.25) is 5.91 Å². The number of carbonyl (C=O) groups is 2. The number of piperazine rings is 1. The van der Waals surface area contributed by atoms with Crippen LogP contribution in [0.2, 0.25) is 4.34 Å². The summed E-state index contributed by atoms with van der Waals surface area (Å²) >= 11 is 7.20. The summed E-state index contributed by atoms with van der Waals surface area (Å²) in [7, 11) is 1.56. The Labute approximate surface area is 221 Å². The maximum Gasteiger partial charge on any atom is 0.261 e. The maximum absolute atomic E-state index is 13.3. The van der Waals surface area contributed by atoms with Crippen LogP contribution in [-0.4, -0.2) is 85.2 Å². The normalized spacial score (nSPS) is 22.6. The van der Waals surface area contributed by atoms with Gasteiger partial charge in [-0.15, -0.1) is 0 Å². The molecule has 1 atom stereocenters. The molecule has 0 bridgehead atoms. The minimum Gasteiger partial charge on any atom is -0.474 e. The maximum atomic E-state index is 13.3. The molecular formula is C26H35ClN4O4S. The molecule has 0 spiro atoms. The van der Waals surface area contributed by atoms with Gasteiger partial charge in [0, 0.05) is 57.6 Å². The quantitative estimate of drug-likeness (QED) is 0.476. The van der Waals surface area contributed by atoms with Gasteiger partial charge in [-0.2, -0.15) is 0 Å². The number of methoxy groups -OCH3 is 1. The minimum atomic E-state index is -0.614. The Kier molecular flexibility index (Phi) is 9.98. The van der Waals surface area contributed by atoms with E-state index in [4.69, 9.17) is 21.1 Å². The zero-order chi connectivity index (χ0) is 25.3. The van der Waals surface area contributed by atoms with Crippen LogP contribution < -0.4 is 10.1 Å². The molecule has 10 heteroatoms. The van der Waals surface area contributed by atoms with Gasteiger partial charge in [0.1, 0.15) is 6.04 Å². The number of nitrogens with one attached hydrogen (secondary N) is 1. The van der Waals surface area contributed by atoms with Gasteiger partial charge >= 0.3 is 0 Å². The summed E-state index contributed by atoms with van der Waals surface area (Å²) in [5, 5.41) is 4.26. The highest BCUT2D eigenvalue weighted by Crippen LogP contribution is 2.29. The minimum absolute atomic E-state index is 0.0359. The average molecular weight is 535 g/mol. The fraction of sp³-hybridized carbons (Fsp3) is 0.577. The van der Waals surface area contributed by atoms with Crippen LogP contribution in [0.4, 0.5) is 0 Å². The summed E-state index contributed by atoms with van der Waals surface area (Å²) in [6.45, 7) is 2.75. The molecule has 0 radical (unpaired) electrons. The molecule has 2 aliphatic rings. The van der Waals surface area contributed by atoms with Crippen LogP contribution in [0.25, 0.3) is 0 Å². The molecule has 0 unspecified atom stereocenters.